The Kier molecular flexibility index (Phi) is 3.87. The highest BCUT2D eigenvalue weighted by Crippen LogP contribution is 2.28. The number of aryl methyl sites for hydroxylation is 2. The summed E-state index contributed by atoms with van der Waals surface area (Å²) >= 11 is 11.5. The zero-order valence-electron chi connectivity index (χ0n) is 9.73. The SMILES string of the molecule is Cc1cc(OC(C)(C)C(=O)Cl)cc(C)c1Cl. The fourth-order valence-electron chi connectivity index (χ4n) is 1.30. The molecule has 0 heterocycles. The molecule has 0 aliphatic carbocycles. The summed E-state index contributed by atoms with van der Waals surface area (Å²) in [6.45, 7) is 7.03. The van der Waals surface area contributed by atoms with Gasteiger partial charge in [0.05, 0.1) is 0 Å². The van der Waals surface area contributed by atoms with Crippen molar-refractivity contribution >= 4 is 28.4 Å². The van der Waals surface area contributed by atoms with Crippen LogP contribution in [0.4, 0.5) is 0 Å². The highest BCUT2D eigenvalue weighted by Gasteiger charge is 2.28. The molecule has 0 saturated heterocycles. The molecular formula is C12H14Cl2O2. The molecule has 0 aromatic heterocycles. The Morgan fingerprint density at radius 2 is 1.69 bits per heavy atom. The molecule has 0 aliphatic heterocycles. The second-order valence-corrected chi connectivity index (χ2v) is 4.98. The van der Waals surface area contributed by atoms with Crippen LogP contribution in [0.5, 0.6) is 5.75 Å². The second kappa shape index (κ2) is 4.64. The van der Waals surface area contributed by atoms with E-state index in [2.05, 4.69) is 0 Å². The predicted octanol–water partition coefficient (Wildman–Crippen LogP) is 3.88. The molecule has 0 N–H and O–H groups in total. The van der Waals surface area contributed by atoms with Crippen molar-refractivity contribution in [2.75, 3.05) is 0 Å². The number of rotatable bonds is 3. The van der Waals surface area contributed by atoms with E-state index in [0.717, 1.165) is 11.1 Å². The summed E-state index contributed by atoms with van der Waals surface area (Å²) in [6.07, 6.45) is 0. The molecule has 16 heavy (non-hydrogen) atoms. The Labute approximate surface area is 106 Å². The highest BCUT2D eigenvalue weighted by atomic mass is 35.5. The van der Waals surface area contributed by atoms with Gasteiger partial charge in [0.15, 0.2) is 5.60 Å². The van der Waals surface area contributed by atoms with Crippen LogP contribution < -0.4 is 4.74 Å². The molecule has 88 valence electrons. The maximum atomic E-state index is 11.1. The van der Waals surface area contributed by atoms with E-state index in [1.54, 1.807) is 26.0 Å². The fraction of sp³-hybridized carbons (Fsp3) is 0.417. The summed E-state index contributed by atoms with van der Waals surface area (Å²) < 4.78 is 5.54. The molecule has 0 amide bonds. The minimum absolute atomic E-state index is 0.530. The zero-order chi connectivity index (χ0) is 12.5. The zero-order valence-corrected chi connectivity index (χ0v) is 11.2. The molecule has 4 heteroatoms. The van der Waals surface area contributed by atoms with E-state index in [1.807, 2.05) is 13.8 Å². The van der Waals surface area contributed by atoms with Crippen LogP contribution in [0.3, 0.4) is 0 Å². The van der Waals surface area contributed by atoms with Gasteiger partial charge in [0.2, 0.25) is 0 Å². The molecule has 0 aliphatic rings. The van der Waals surface area contributed by atoms with Crippen molar-refractivity contribution in [2.24, 2.45) is 0 Å². The van der Waals surface area contributed by atoms with Gasteiger partial charge in [-0.2, -0.15) is 0 Å². The third-order valence-electron chi connectivity index (χ3n) is 2.26. The third kappa shape index (κ3) is 2.89. The van der Waals surface area contributed by atoms with Gasteiger partial charge < -0.3 is 4.74 Å². The Morgan fingerprint density at radius 1 is 1.25 bits per heavy atom. The summed E-state index contributed by atoms with van der Waals surface area (Å²) in [4.78, 5) is 11.1. The van der Waals surface area contributed by atoms with Gasteiger partial charge in [-0.05, 0) is 62.6 Å². The highest BCUT2D eigenvalue weighted by molar-refractivity contribution is 6.65. The Bertz CT molecular complexity index is 402. The number of benzene rings is 1. The van der Waals surface area contributed by atoms with Gasteiger partial charge in [0, 0.05) is 5.02 Å². The minimum atomic E-state index is -1.03. The van der Waals surface area contributed by atoms with Gasteiger partial charge in [-0.25, -0.2) is 0 Å². The van der Waals surface area contributed by atoms with Crippen LogP contribution in [-0.4, -0.2) is 10.8 Å². The molecule has 2 nitrogen and oxygen atoms in total. The van der Waals surface area contributed by atoms with Crippen molar-refractivity contribution < 1.29 is 9.53 Å². The predicted molar refractivity (Wildman–Crippen MR) is 66.5 cm³/mol. The molecule has 0 bridgehead atoms. The summed E-state index contributed by atoms with van der Waals surface area (Å²) in [6, 6.07) is 3.58. The Balaban J connectivity index is 3.04. The topological polar surface area (TPSA) is 26.3 Å². The second-order valence-electron chi connectivity index (χ2n) is 4.26. The molecule has 1 rings (SSSR count). The first-order chi connectivity index (χ1) is 7.24. The normalized spacial score (nSPS) is 11.4. The lowest BCUT2D eigenvalue weighted by atomic mass is 10.1. The standard InChI is InChI=1S/C12H14Cl2O2/c1-7-5-9(6-8(2)10(7)13)16-12(3,4)11(14)15/h5-6H,1-4H3. The number of hydrogen-bond acceptors (Lipinski definition) is 2. The summed E-state index contributed by atoms with van der Waals surface area (Å²) in [5, 5.41) is 0.181. The van der Waals surface area contributed by atoms with E-state index >= 15 is 0 Å². The van der Waals surface area contributed by atoms with Crippen LogP contribution in [0.15, 0.2) is 12.1 Å². The van der Waals surface area contributed by atoms with Crippen LogP contribution in [0.25, 0.3) is 0 Å². The minimum Gasteiger partial charge on any atom is -0.479 e. The first-order valence-corrected chi connectivity index (χ1v) is 5.65. The van der Waals surface area contributed by atoms with Gasteiger partial charge in [0.25, 0.3) is 5.24 Å². The molecule has 1 aromatic rings. The van der Waals surface area contributed by atoms with E-state index in [0.29, 0.717) is 10.8 Å². The number of hydrogen-bond donors (Lipinski definition) is 0. The van der Waals surface area contributed by atoms with Gasteiger partial charge in [0.1, 0.15) is 5.75 Å². The number of halogens is 2. The Hall–Kier alpha value is -0.730. The molecule has 0 saturated carbocycles. The van der Waals surface area contributed by atoms with Crippen molar-refractivity contribution in [1.82, 2.24) is 0 Å². The first-order valence-electron chi connectivity index (χ1n) is 4.90. The first kappa shape index (κ1) is 13.3. The molecule has 0 spiro atoms. The van der Waals surface area contributed by atoms with Crippen molar-refractivity contribution in [3.8, 4) is 5.75 Å². The number of ether oxygens (including phenoxy) is 1. The smallest absolute Gasteiger partial charge is 0.264 e. The average Bonchev–Trinajstić information content (AvgIpc) is 2.13. The quantitative estimate of drug-likeness (QED) is 0.772. The summed E-state index contributed by atoms with van der Waals surface area (Å²) in [7, 11) is 0. The lowest BCUT2D eigenvalue weighted by Gasteiger charge is -2.22. The van der Waals surface area contributed by atoms with Crippen LogP contribution in [-0.2, 0) is 4.79 Å². The van der Waals surface area contributed by atoms with Crippen molar-refractivity contribution in [3.63, 3.8) is 0 Å². The third-order valence-corrected chi connectivity index (χ3v) is 3.31. The number of carbonyl (C=O) groups excluding carboxylic acids is 1. The van der Waals surface area contributed by atoms with E-state index in [9.17, 15) is 4.79 Å². The lowest BCUT2D eigenvalue weighted by Crippen LogP contribution is -2.34. The lowest BCUT2D eigenvalue weighted by molar-refractivity contribution is -0.123. The van der Waals surface area contributed by atoms with Crippen LogP contribution >= 0.6 is 23.2 Å². The molecule has 0 atom stereocenters. The van der Waals surface area contributed by atoms with Gasteiger partial charge >= 0.3 is 0 Å². The maximum Gasteiger partial charge on any atom is 0.264 e. The average molecular weight is 261 g/mol. The van der Waals surface area contributed by atoms with Gasteiger partial charge in [-0.1, -0.05) is 11.6 Å². The Morgan fingerprint density at radius 3 is 2.06 bits per heavy atom. The number of carbonyl (C=O) groups is 1. The van der Waals surface area contributed by atoms with Crippen LogP contribution in [0.1, 0.15) is 25.0 Å². The fourth-order valence-corrected chi connectivity index (χ4v) is 1.45. The van der Waals surface area contributed by atoms with Crippen LogP contribution in [0, 0.1) is 13.8 Å². The molecule has 0 unspecified atom stereocenters. The van der Waals surface area contributed by atoms with E-state index in [1.165, 1.54) is 0 Å². The molecule has 0 fully saturated rings. The van der Waals surface area contributed by atoms with Crippen molar-refractivity contribution in [3.05, 3.63) is 28.3 Å². The molecule has 0 radical (unpaired) electrons. The van der Waals surface area contributed by atoms with Crippen LogP contribution in [0.2, 0.25) is 5.02 Å². The van der Waals surface area contributed by atoms with E-state index in [4.69, 9.17) is 27.9 Å². The monoisotopic (exact) mass is 260 g/mol. The summed E-state index contributed by atoms with van der Waals surface area (Å²) in [5.41, 5.74) is 0.790. The molecular weight excluding hydrogens is 247 g/mol. The molecule has 1 aromatic carbocycles. The van der Waals surface area contributed by atoms with Gasteiger partial charge in [-0.3, -0.25) is 4.79 Å². The largest absolute Gasteiger partial charge is 0.479 e. The van der Waals surface area contributed by atoms with E-state index in [-0.39, 0.29) is 0 Å². The maximum absolute atomic E-state index is 11.1. The van der Waals surface area contributed by atoms with Crippen molar-refractivity contribution in [1.29, 1.82) is 0 Å². The van der Waals surface area contributed by atoms with E-state index < -0.39 is 10.8 Å². The van der Waals surface area contributed by atoms with Gasteiger partial charge in [-0.15, -0.1) is 0 Å². The summed E-state index contributed by atoms with van der Waals surface area (Å²) in [5.74, 6) is 0.596. The van der Waals surface area contributed by atoms with Crippen molar-refractivity contribution in [2.45, 2.75) is 33.3 Å².